The number of hydrogen-bond donors (Lipinski definition) is 1. The molecule has 0 spiro atoms. The van der Waals surface area contributed by atoms with Gasteiger partial charge in [-0.3, -0.25) is 4.79 Å². The second kappa shape index (κ2) is 7.72. The van der Waals surface area contributed by atoms with E-state index in [1.54, 1.807) is 19.3 Å². The molecule has 0 saturated carbocycles. The Kier molecular flexibility index (Phi) is 5.38. The number of rotatable bonds is 4. The lowest BCUT2D eigenvalue weighted by Gasteiger charge is -2.32. The Morgan fingerprint density at radius 2 is 1.77 bits per heavy atom. The maximum absolute atomic E-state index is 12.7. The van der Waals surface area contributed by atoms with Gasteiger partial charge in [0.2, 0.25) is 0 Å². The summed E-state index contributed by atoms with van der Waals surface area (Å²) in [6.45, 7) is 11.2. The molecule has 4 heterocycles. The zero-order valence-corrected chi connectivity index (χ0v) is 18.3. The van der Waals surface area contributed by atoms with Crippen molar-refractivity contribution in [2.45, 2.75) is 38.9 Å². The van der Waals surface area contributed by atoms with Crippen molar-refractivity contribution in [3.05, 3.63) is 40.9 Å². The molecule has 2 saturated heterocycles. The van der Waals surface area contributed by atoms with Gasteiger partial charge in [-0.25, -0.2) is 4.98 Å². The van der Waals surface area contributed by atoms with Crippen LogP contribution in [0.5, 0.6) is 0 Å². The Balaban J connectivity index is 1.55. The third kappa shape index (κ3) is 3.97. The normalized spacial score (nSPS) is 20.4. The largest absolute Gasteiger partial charge is 0.496 e. The highest BCUT2D eigenvalue weighted by molar-refractivity contribution is 6.62. The van der Waals surface area contributed by atoms with E-state index in [2.05, 4.69) is 15.2 Å². The zero-order chi connectivity index (χ0) is 21.5. The van der Waals surface area contributed by atoms with Gasteiger partial charge in [-0.15, -0.1) is 0 Å². The summed E-state index contributed by atoms with van der Waals surface area (Å²) in [4.78, 5) is 19.4. The second-order valence-corrected chi connectivity index (χ2v) is 8.82. The molecule has 0 unspecified atom stereocenters. The lowest BCUT2D eigenvalue weighted by molar-refractivity contribution is 0.00578. The summed E-state index contributed by atoms with van der Waals surface area (Å²) in [5, 5.41) is 3.15. The monoisotopic (exact) mass is 412 g/mol. The summed E-state index contributed by atoms with van der Waals surface area (Å²) < 4.78 is 19.2. The minimum absolute atomic E-state index is 0.144. The quantitative estimate of drug-likeness (QED) is 0.766. The number of ether oxygens (including phenoxy) is 1. The Hall–Kier alpha value is -2.36. The predicted molar refractivity (Wildman–Crippen MR) is 118 cm³/mol. The van der Waals surface area contributed by atoms with Crippen molar-refractivity contribution in [1.82, 2.24) is 9.55 Å². The molecule has 2 fully saturated rings. The number of nitrogens with one attached hydrogen (secondary N) is 1. The van der Waals surface area contributed by atoms with E-state index in [1.165, 1.54) is 4.57 Å². The topological polar surface area (TPSA) is 77.8 Å². The summed E-state index contributed by atoms with van der Waals surface area (Å²) in [5.41, 5.74) is 1.21. The van der Waals surface area contributed by atoms with Gasteiger partial charge in [0.25, 0.3) is 5.56 Å². The number of hydrogen-bond acceptors (Lipinski definition) is 7. The van der Waals surface area contributed by atoms with Crippen molar-refractivity contribution in [3.63, 3.8) is 0 Å². The minimum atomic E-state index is -0.543. The molecule has 9 heteroatoms. The van der Waals surface area contributed by atoms with E-state index >= 15 is 0 Å². The van der Waals surface area contributed by atoms with Crippen molar-refractivity contribution < 1.29 is 14.0 Å². The SMILES string of the molecule is Cn1cc(B2OC(C)(C)C(C)(C)O2)cc(Nc2ccc(N3CCOCC3)cn2)c1=O. The van der Waals surface area contributed by atoms with Gasteiger partial charge in [-0.05, 0) is 45.9 Å². The predicted octanol–water partition coefficient (Wildman–Crippen LogP) is 1.66. The molecule has 0 aliphatic carbocycles. The molecular formula is C21H29BN4O4. The lowest BCUT2D eigenvalue weighted by atomic mass is 9.80. The standard InChI is InChI=1S/C21H29BN4O4/c1-20(2)21(3,4)30-22(29-20)15-12-17(19(27)25(5)14-15)24-18-7-6-16(13-23-18)26-8-10-28-11-9-26/h6-7,12-14H,8-11H2,1-5H3,(H,23,24). The van der Waals surface area contributed by atoms with Crippen LogP contribution in [0.4, 0.5) is 17.2 Å². The number of morpholine rings is 1. The fraction of sp³-hybridized carbons (Fsp3) is 0.524. The van der Waals surface area contributed by atoms with Crippen LogP contribution in [0.1, 0.15) is 27.7 Å². The number of anilines is 3. The first kappa shape index (κ1) is 20.9. The van der Waals surface area contributed by atoms with Gasteiger partial charge in [-0.1, -0.05) is 0 Å². The van der Waals surface area contributed by atoms with E-state index in [0.717, 1.165) is 37.5 Å². The van der Waals surface area contributed by atoms with Crippen LogP contribution in [0.3, 0.4) is 0 Å². The maximum atomic E-state index is 12.7. The van der Waals surface area contributed by atoms with Crippen LogP contribution in [-0.4, -0.2) is 54.2 Å². The van der Waals surface area contributed by atoms with E-state index in [0.29, 0.717) is 11.5 Å². The number of aromatic nitrogens is 2. The summed E-state index contributed by atoms with van der Waals surface area (Å²) >= 11 is 0. The molecule has 2 aliphatic heterocycles. The first-order valence-electron chi connectivity index (χ1n) is 10.3. The highest BCUT2D eigenvalue weighted by atomic mass is 16.7. The molecule has 0 amide bonds. The molecule has 2 aliphatic rings. The molecule has 0 radical (unpaired) electrons. The van der Waals surface area contributed by atoms with Gasteiger partial charge >= 0.3 is 7.12 Å². The second-order valence-electron chi connectivity index (χ2n) is 8.82. The van der Waals surface area contributed by atoms with Gasteiger partial charge in [0.1, 0.15) is 11.5 Å². The summed E-state index contributed by atoms with van der Waals surface area (Å²) in [6.07, 6.45) is 3.57. The van der Waals surface area contributed by atoms with Gasteiger partial charge in [-0.2, -0.15) is 0 Å². The molecule has 2 aromatic rings. The third-order valence-electron chi connectivity index (χ3n) is 6.12. The zero-order valence-electron chi connectivity index (χ0n) is 18.3. The molecular weight excluding hydrogens is 383 g/mol. The van der Waals surface area contributed by atoms with Crippen LogP contribution < -0.4 is 21.2 Å². The van der Waals surface area contributed by atoms with Crippen LogP contribution >= 0.6 is 0 Å². The van der Waals surface area contributed by atoms with E-state index in [1.807, 2.05) is 46.0 Å². The fourth-order valence-electron chi connectivity index (χ4n) is 3.54. The van der Waals surface area contributed by atoms with Crippen LogP contribution in [-0.2, 0) is 21.1 Å². The van der Waals surface area contributed by atoms with Crippen LogP contribution in [0.2, 0.25) is 0 Å². The molecule has 0 aromatic carbocycles. The fourth-order valence-corrected chi connectivity index (χ4v) is 3.54. The van der Waals surface area contributed by atoms with Gasteiger partial charge in [0.05, 0.1) is 36.3 Å². The number of aryl methyl sites for hydroxylation is 1. The Morgan fingerprint density at radius 1 is 1.10 bits per heavy atom. The average Bonchev–Trinajstić information content (AvgIpc) is 2.94. The van der Waals surface area contributed by atoms with Crippen molar-refractivity contribution in [3.8, 4) is 0 Å². The Bertz CT molecular complexity index is 952. The van der Waals surface area contributed by atoms with E-state index in [-0.39, 0.29) is 5.56 Å². The highest BCUT2D eigenvalue weighted by Crippen LogP contribution is 2.36. The summed E-state index contributed by atoms with van der Waals surface area (Å²) in [7, 11) is 1.18. The summed E-state index contributed by atoms with van der Waals surface area (Å²) in [5.74, 6) is 0.607. The lowest BCUT2D eigenvalue weighted by Crippen LogP contribution is -2.41. The molecule has 0 bridgehead atoms. The van der Waals surface area contributed by atoms with E-state index in [9.17, 15) is 4.79 Å². The molecule has 8 nitrogen and oxygen atoms in total. The van der Waals surface area contributed by atoms with Gasteiger partial charge in [0, 0.05) is 31.8 Å². The molecule has 0 atom stereocenters. The molecule has 1 N–H and O–H groups in total. The molecule has 30 heavy (non-hydrogen) atoms. The van der Waals surface area contributed by atoms with E-state index < -0.39 is 18.3 Å². The number of nitrogens with zero attached hydrogens (tertiary/aromatic N) is 3. The van der Waals surface area contributed by atoms with Crippen molar-refractivity contribution in [1.29, 1.82) is 0 Å². The summed E-state index contributed by atoms with van der Waals surface area (Å²) in [6, 6.07) is 5.66. The highest BCUT2D eigenvalue weighted by Gasteiger charge is 2.51. The van der Waals surface area contributed by atoms with Crippen LogP contribution in [0.25, 0.3) is 0 Å². The Morgan fingerprint density at radius 3 is 2.37 bits per heavy atom. The maximum Gasteiger partial charge on any atom is 0.496 e. The smallest absolute Gasteiger partial charge is 0.399 e. The van der Waals surface area contributed by atoms with Crippen molar-refractivity contribution in [2.24, 2.45) is 7.05 Å². The molecule has 4 rings (SSSR count). The van der Waals surface area contributed by atoms with Crippen LogP contribution in [0, 0.1) is 0 Å². The van der Waals surface area contributed by atoms with Crippen molar-refractivity contribution in [2.75, 3.05) is 36.5 Å². The number of pyridine rings is 2. The van der Waals surface area contributed by atoms with Gasteiger partial charge < -0.3 is 28.8 Å². The first-order valence-corrected chi connectivity index (χ1v) is 10.3. The Labute approximate surface area is 177 Å². The minimum Gasteiger partial charge on any atom is -0.399 e. The molecule has 160 valence electrons. The van der Waals surface area contributed by atoms with Crippen molar-refractivity contribution >= 4 is 29.8 Å². The average molecular weight is 412 g/mol. The van der Waals surface area contributed by atoms with Gasteiger partial charge in [0.15, 0.2) is 0 Å². The third-order valence-corrected chi connectivity index (χ3v) is 6.12. The first-order chi connectivity index (χ1) is 14.2. The van der Waals surface area contributed by atoms with Crippen LogP contribution in [0.15, 0.2) is 35.4 Å². The van der Waals surface area contributed by atoms with E-state index in [4.69, 9.17) is 14.0 Å². The molecule has 2 aromatic heterocycles.